The smallest absolute Gasteiger partial charge is 0.305 e. The van der Waals surface area contributed by atoms with Gasteiger partial charge in [-0.15, -0.1) is 0 Å². The molecule has 3 fully saturated rings. The summed E-state index contributed by atoms with van der Waals surface area (Å²) in [6, 6.07) is 0. The van der Waals surface area contributed by atoms with Gasteiger partial charge < -0.3 is 4.74 Å². The lowest BCUT2D eigenvalue weighted by molar-refractivity contribution is -0.167. The van der Waals surface area contributed by atoms with Crippen LogP contribution in [0.25, 0.3) is 0 Å². The average molecular weight is 387 g/mol. The molecule has 0 aromatic heterocycles. The van der Waals surface area contributed by atoms with Gasteiger partial charge in [-0.2, -0.15) is 0 Å². The Labute approximate surface area is 168 Å². The molecule has 0 N–H and O–H groups in total. The molecule has 4 heteroatoms. The topological polar surface area (TPSA) is 60.4 Å². The highest BCUT2D eigenvalue weighted by atomic mass is 16.5. The molecule has 0 aromatic rings. The van der Waals surface area contributed by atoms with Crippen LogP contribution in [0.4, 0.5) is 0 Å². The molecule has 0 radical (unpaired) electrons. The van der Waals surface area contributed by atoms with Crippen molar-refractivity contribution in [2.75, 3.05) is 0 Å². The Morgan fingerprint density at radius 1 is 1.21 bits per heavy atom. The summed E-state index contributed by atoms with van der Waals surface area (Å²) in [7, 11) is 0. The van der Waals surface area contributed by atoms with Crippen LogP contribution >= 0.6 is 0 Å². The van der Waals surface area contributed by atoms with Crippen molar-refractivity contribution in [3.05, 3.63) is 11.6 Å². The molecule has 154 valence electrons. The molecule has 0 spiro atoms. The lowest BCUT2D eigenvalue weighted by Crippen LogP contribution is -2.57. The minimum Gasteiger partial charge on any atom is -0.462 e. The fraction of sp³-hybridized carbons (Fsp3) is 0.792. The molecule has 0 bridgehead atoms. The predicted octanol–water partition coefficient (Wildman–Crippen LogP) is 4.66. The third-order valence-corrected chi connectivity index (χ3v) is 8.85. The Bertz CT molecular complexity index is 737. The van der Waals surface area contributed by atoms with Gasteiger partial charge in [0.05, 0.1) is 0 Å². The molecule has 4 rings (SSSR count). The van der Waals surface area contributed by atoms with Crippen LogP contribution in [0, 0.1) is 34.5 Å². The average Bonchev–Trinajstić information content (AvgIpc) is 2.98. The zero-order valence-electron chi connectivity index (χ0n) is 17.8. The molecule has 4 aliphatic rings. The maximum Gasteiger partial charge on any atom is 0.305 e. The molecular formula is C24H34O4. The minimum atomic E-state index is -0.263. The van der Waals surface area contributed by atoms with E-state index in [2.05, 4.69) is 19.9 Å². The van der Waals surface area contributed by atoms with Gasteiger partial charge in [-0.1, -0.05) is 26.8 Å². The molecule has 28 heavy (non-hydrogen) atoms. The maximum atomic E-state index is 13.5. The molecule has 4 nitrogen and oxygen atoms in total. The zero-order chi connectivity index (χ0) is 20.3. The van der Waals surface area contributed by atoms with Gasteiger partial charge in [-0.3, -0.25) is 14.4 Å². The number of Topliss-reactive ketones (excluding diaryl/α,β-unsaturated/α-hetero) is 2. The first-order valence-corrected chi connectivity index (χ1v) is 11.1. The van der Waals surface area contributed by atoms with Crippen LogP contribution in [0.2, 0.25) is 0 Å². The quantitative estimate of drug-likeness (QED) is 0.662. The fourth-order valence-corrected chi connectivity index (χ4v) is 7.53. The van der Waals surface area contributed by atoms with Gasteiger partial charge in [0.15, 0.2) is 5.78 Å². The van der Waals surface area contributed by atoms with E-state index in [0.29, 0.717) is 36.4 Å². The van der Waals surface area contributed by atoms with E-state index >= 15 is 0 Å². The number of hydrogen-bond acceptors (Lipinski definition) is 4. The highest BCUT2D eigenvalue weighted by Gasteiger charge is 2.62. The summed E-state index contributed by atoms with van der Waals surface area (Å²) < 4.78 is 5.65. The number of allylic oxidation sites excluding steroid dienone is 2. The number of ketones is 2. The van der Waals surface area contributed by atoms with Crippen LogP contribution in [0.5, 0.6) is 0 Å². The lowest BCUT2D eigenvalue weighted by atomic mass is 9.44. The molecular weight excluding hydrogens is 352 g/mol. The highest BCUT2D eigenvalue weighted by molar-refractivity contribution is 5.97. The van der Waals surface area contributed by atoms with E-state index in [9.17, 15) is 14.4 Å². The van der Waals surface area contributed by atoms with Gasteiger partial charge in [-0.05, 0) is 74.2 Å². The van der Waals surface area contributed by atoms with E-state index in [4.69, 9.17) is 4.74 Å². The van der Waals surface area contributed by atoms with Crippen LogP contribution < -0.4 is 0 Å². The van der Waals surface area contributed by atoms with Gasteiger partial charge in [0.2, 0.25) is 0 Å². The number of carbonyl (C=O) groups excluding carboxylic acids is 3. The lowest BCUT2D eigenvalue weighted by Gasteiger charge is -2.59. The second-order valence-corrected chi connectivity index (χ2v) is 10.2. The molecule has 0 aromatic carbocycles. The Morgan fingerprint density at radius 2 is 1.96 bits per heavy atom. The normalized spacial score (nSPS) is 44.8. The highest BCUT2D eigenvalue weighted by Crippen LogP contribution is 2.65. The summed E-state index contributed by atoms with van der Waals surface area (Å²) in [5.74, 6) is 1.75. The number of ether oxygens (including phenoxy) is 1. The van der Waals surface area contributed by atoms with Crippen molar-refractivity contribution < 1.29 is 19.1 Å². The third-order valence-electron chi connectivity index (χ3n) is 8.85. The monoisotopic (exact) mass is 386 g/mol. The second kappa shape index (κ2) is 6.81. The van der Waals surface area contributed by atoms with Crippen molar-refractivity contribution in [1.82, 2.24) is 0 Å². The summed E-state index contributed by atoms with van der Waals surface area (Å²) in [5.41, 5.74) is 0.642. The van der Waals surface area contributed by atoms with Crippen LogP contribution in [0.15, 0.2) is 11.6 Å². The van der Waals surface area contributed by atoms with E-state index in [-0.39, 0.29) is 34.6 Å². The van der Waals surface area contributed by atoms with E-state index in [1.165, 1.54) is 0 Å². The van der Waals surface area contributed by atoms with Gasteiger partial charge in [0.1, 0.15) is 11.9 Å². The van der Waals surface area contributed by atoms with Crippen molar-refractivity contribution in [2.24, 2.45) is 34.5 Å². The van der Waals surface area contributed by atoms with Gasteiger partial charge in [0.25, 0.3) is 0 Å². The van der Waals surface area contributed by atoms with E-state index < -0.39 is 0 Å². The third kappa shape index (κ3) is 2.81. The van der Waals surface area contributed by atoms with Crippen LogP contribution in [-0.4, -0.2) is 23.6 Å². The fourth-order valence-electron chi connectivity index (χ4n) is 7.53. The molecule has 0 heterocycles. The largest absolute Gasteiger partial charge is 0.462 e. The van der Waals surface area contributed by atoms with Crippen molar-refractivity contribution in [3.8, 4) is 0 Å². The zero-order valence-corrected chi connectivity index (χ0v) is 17.8. The van der Waals surface area contributed by atoms with E-state index in [1.54, 1.807) is 6.92 Å². The first-order chi connectivity index (χ1) is 13.2. The summed E-state index contributed by atoms with van der Waals surface area (Å²) in [5, 5.41) is 0. The van der Waals surface area contributed by atoms with E-state index in [0.717, 1.165) is 44.1 Å². The number of fused-ring (bicyclic) bond motifs is 5. The Hall–Kier alpha value is -1.45. The van der Waals surface area contributed by atoms with Crippen LogP contribution in [0.3, 0.4) is 0 Å². The second-order valence-electron chi connectivity index (χ2n) is 10.2. The number of esters is 1. The SMILES string of the molecule is CCC(=O)O[C@H]1CC[C@@]2(C)[C@@H](CC[C@H]3[C@H]2C(=O)C[C@]2(C)C(C(C)=O)=CC[C@H]32)C1. The van der Waals surface area contributed by atoms with Gasteiger partial charge in [-0.25, -0.2) is 0 Å². The number of rotatable bonds is 3. The first kappa shape index (κ1) is 19.8. The summed E-state index contributed by atoms with van der Waals surface area (Å²) in [4.78, 5) is 37.4. The molecule has 0 saturated heterocycles. The molecule has 0 amide bonds. The minimum absolute atomic E-state index is 0.00935. The Kier molecular flexibility index (Phi) is 4.83. The molecule has 0 unspecified atom stereocenters. The number of carbonyl (C=O) groups is 3. The van der Waals surface area contributed by atoms with Crippen molar-refractivity contribution in [2.45, 2.75) is 85.2 Å². The maximum absolute atomic E-state index is 13.5. The Morgan fingerprint density at radius 3 is 2.64 bits per heavy atom. The predicted molar refractivity (Wildman–Crippen MR) is 106 cm³/mol. The van der Waals surface area contributed by atoms with Crippen LogP contribution in [0.1, 0.15) is 79.1 Å². The molecule has 0 aliphatic heterocycles. The van der Waals surface area contributed by atoms with Crippen molar-refractivity contribution in [1.29, 1.82) is 0 Å². The van der Waals surface area contributed by atoms with Gasteiger partial charge >= 0.3 is 5.97 Å². The van der Waals surface area contributed by atoms with Gasteiger partial charge in [0, 0.05) is 24.2 Å². The molecule has 7 atom stereocenters. The standard InChI is InChI=1S/C24H34O4/c1-5-21(27)28-16-10-11-23(3)15(12-16)6-7-17-19-9-8-18(14(2)25)24(19,4)13-20(26)22(17)23/h8,15-17,19,22H,5-7,9-13H2,1-4H3/t15-,16-,17+,19+,22-,23-,24+/m0/s1. The summed E-state index contributed by atoms with van der Waals surface area (Å²) in [6.45, 7) is 7.96. The first-order valence-electron chi connectivity index (χ1n) is 11.1. The molecule has 4 aliphatic carbocycles. The van der Waals surface area contributed by atoms with E-state index in [1.807, 2.05) is 6.92 Å². The summed E-state index contributed by atoms with van der Waals surface area (Å²) in [6.07, 6.45) is 8.92. The Balaban J connectivity index is 1.57. The number of hydrogen-bond donors (Lipinski definition) is 0. The van der Waals surface area contributed by atoms with Crippen molar-refractivity contribution >= 4 is 17.5 Å². The molecule has 3 saturated carbocycles. The van der Waals surface area contributed by atoms with Crippen molar-refractivity contribution in [3.63, 3.8) is 0 Å². The van der Waals surface area contributed by atoms with Crippen LogP contribution in [-0.2, 0) is 19.1 Å². The summed E-state index contributed by atoms with van der Waals surface area (Å²) >= 11 is 0.